The molecule has 2 amide bonds. The number of nitrogens with zero attached hydrogens (tertiary/aromatic N) is 3. The number of carbonyl (C=O) groups is 2. The van der Waals surface area contributed by atoms with Crippen molar-refractivity contribution in [1.82, 2.24) is 20.1 Å². The van der Waals surface area contributed by atoms with Gasteiger partial charge in [-0.25, -0.2) is 13.2 Å². The first-order valence-electron chi connectivity index (χ1n) is 13.5. The Morgan fingerprint density at radius 3 is 2.50 bits per heavy atom. The molecule has 44 heavy (non-hydrogen) atoms. The molecule has 6 rings (SSSR count). The third-order valence-electron chi connectivity index (χ3n) is 7.90. The Labute approximate surface area is 245 Å². The maximum atomic E-state index is 14.2. The molecule has 1 unspecified atom stereocenters. The standard InChI is InChI=1S/C30H23F6N5O3/c31-15-6-13(7-16(32)10-15)8-22(25-17(2-1-5-38-25)14-3-4-21(33)20(9-14)29(37)44)39-23(42)12-41-26-24(18-11-19(18)27(26)43)28(40-41)30(34,35)36/h1-7,9-10,18-19,22,27,43H,8,11-12H2,(H2,37,44)(H,39,42)/t18-,19?,22-,27-/m0/s1. The molecule has 8 nitrogen and oxygen atoms in total. The summed E-state index contributed by atoms with van der Waals surface area (Å²) in [5.41, 5.74) is 4.43. The largest absolute Gasteiger partial charge is 0.435 e. The molecule has 14 heteroatoms. The number of aromatic nitrogens is 3. The van der Waals surface area contributed by atoms with Crippen LogP contribution in [-0.4, -0.2) is 31.7 Å². The van der Waals surface area contributed by atoms with Gasteiger partial charge in [0.25, 0.3) is 5.91 Å². The van der Waals surface area contributed by atoms with Crippen molar-refractivity contribution in [3.05, 3.63) is 106 Å². The maximum absolute atomic E-state index is 14.2. The normalized spacial score (nSPS) is 19.3. The number of alkyl halides is 3. The molecule has 2 heterocycles. The van der Waals surface area contributed by atoms with Crippen LogP contribution in [0.3, 0.4) is 0 Å². The number of aliphatic hydroxyl groups is 1. The minimum Gasteiger partial charge on any atom is -0.386 e. The van der Waals surface area contributed by atoms with Gasteiger partial charge in [0.05, 0.1) is 29.1 Å². The SMILES string of the molecule is NC(=O)c1cc(-c2cccnc2[C@H](Cc2cc(F)cc(F)c2)NC(=O)Cn2nc(C(F)(F)F)c3c2[C@@H](O)C2C[C@H]32)ccc1F. The van der Waals surface area contributed by atoms with Crippen LogP contribution >= 0.6 is 0 Å². The molecule has 0 radical (unpaired) electrons. The Morgan fingerprint density at radius 1 is 1.09 bits per heavy atom. The molecule has 0 saturated heterocycles. The summed E-state index contributed by atoms with van der Waals surface area (Å²) in [6.45, 7) is -0.701. The predicted molar refractivity (Wildman–Crippen MR) is 142 cm³/mol. The van der Waals surface area contributed by atoms with E-state index in [2.05, 4.69) is 15.4 Å². The fourth-order valence-corrected chi connectivity index (χ4v) is 5.97. The summed E-state index contributed by atoms with van der Waals surface area (Å²) in [6.07, 6.45) is -4.45. The third kappa shape index (κ3) is 5.41. The highest BCUT2D eigenvalue weighted by atomic mass is 19.4. The highest BCUT2D eigenvalue weighted by Crippen LogP contribution is 2.63. The molecule has 1 saturated carbocycles. The van der Waals surface area contributed by atoms with Gasteiger partial charge in [0, 0.05) is 23.4 Å². The fraction of sp³-hybridized carbons (Fsp3) is 0.267. The lowest BCUT2D eigenvalue weighted by Crippen LogP contribution is -2.34. The van der Waals surface area contributed by atoms with Crippen LogP contribution in [0.5, 0.6) is 0 Å². The molecule has 0 aliphatic heterocycles. The monoisotopic (exact) mass is 615 g/mol. The third-order valence-corrected chi connectivity index (χ3v) is 7.90. The molecule has 4 N–H and O–H groups in total. The number of hydrogen-bond donors (Lipinski definition) is 3. The molecule has 4 atom stereocenters. The van der Waals surface area contributed by atoms with Crippen molar-refractivity contribution < 1.29 is 41.0 Å². The summed E-state index contributed by atoms with van der Waals surface area (Å²) >= 11 is 0. The number of rotatable bonds is 8. The van der Waals surface area contributed by atoms with Crippen molar-refractivity contribution in [2.24, 2.45) is 11.7 Å². The summed E-state index contributed by atoms with van der Waals surface area (Å²) in [6, 6.07) is 8.30. The van der Waals surface area contributed by atoms with Gasteiger partial charge in [-0.2, -0.15) is 18.3 Å². The average molecular weight is 616 g/mol. The van der Waals surface area contributed by atoms with E-state index in [0.29, 0.717) is 18.1 Å². The second-order valence-electron chi connectivity index (χ2n) is 10.9. The van der Waals surface area contributed by atoms with E-state index in [1.165, 1.54) is 24.4 Å². The Bertz CT molecular complexity index is 1790. The second-order valence-corrected chi connectivity index (χ2v) is 10.9. The van der Waals surface area contributed by atoms with E-state index in [1.807, 2.05) is 0 Å². The van der Waals surface area contributed by atoms with Crippen LogP contribution in [0.15, 0.2) is 54.7 Å². The molecule has 2 aromatic heterocycles. The molecule has 4 aromatic rings. The number of pyridine rings is 1. The molecule has 228 valence electrons. The van der Waals surface area contributed by atoms with Crippen molar-refractivity contribution in [2.45, 2.75) is 43.6 Å². The zero-order valence-electron chi connectivity index (χ0n) is 22.6. The number of carbonyl (C=O) groups excluding carboxylic acids is 2. The average Bonchev–Trinajstić information content (AvgIpc) is 3.56. The van der Waals surface area contributed by atoms with Crippen molar-refractivity contribution >= 4 is 11.8 Å². The van der Waals surface area contributed by atoms with E-state index in [9.17, 15) is 41.0 Å². The van der Waals surface area contributed by atoms with Crippen molar-refractivity contribution in [2.75, 3.05) is 0 Å². The van der Waals surface area contributed by atoms with E-state index in [-0.39, 0.29) is 40.4 Å². The number of benzene rings is 2. The van der Waals surface area contributed by atoms with Crippen molar-refractivity contribution in [3.63, 3.8) is 0 Å². The van der Waals surface area contributed by atoms with E-state index in [4.69, 9.17) is 5.73 Å². The number of amides is 2. The summed E-state index contributed by atoms with van der Waals surface area (Å²) in [5.74, 6) is -5.33. The minimum absolute atomic E-state index is 0.0682. The number of nitrogens with two attached hydrogens (primary N) is 1. The zero-order chi connectivity index (χ0) is 31.5. The van der Waals surface area contributed by atoms with Gasteiger partial charge in [-0.15, -0.1) is 0 Å². The van der Waals surface area contributed by atoms with Crippen LogP contribution in [0.2, 0.25) is 0 Å². The van der Waals surface area contributed by atoms with Gasteiger partial charge in [0.15, 0.2) is 5.69 Å². The quantitative estimate of drug-likeness (QED) is 0.248. The Kier molecular flexibility index (Phi) is 7.19. The Balaban J connectivity index is 1.37. The highest BCUT2D eigenvalue weighted by molar-refractivity contribution is 5.94. The van der Waals surface area contributed by atoms with Crippen molar-refractivity contribution in [3.8, 4) is 11.1 Å². The zero-order valence-corrected chi connectivity index (χ0v) is 22.6. The van der Waals surface area contributed by atoms with Crippen LogP contribution in [0.1, 0.15) is 63.1 Å². The first-order valence-corrected chi connectivity index (χ1v) is 13.5. The van der Waals surface area contributed by atoms with Gasteiger partial charge in [0.1, 0.15) is 24.0 Å². The van der Waals surface area contributed by atoms with Gasteiger partial charge >= 0.3 is 6.18 Å². The smallest absolute Gasteiger partial charge is 0.386 e. The second kappa shape index (κ2) is 10.8. The van der Waals surface area contributed by atoms with Crippen molar-refractivity contribution in [1.29, 1.82) is 0 Å². The van der Waals surface area contributed by atoms with Crippen LogP contribution in [0.4, 0.5) is 26.3 Å². The lowest BCUT2D eigenvalue weighted by atomic mass is 9.94. The van der Waals surface area contributed by atoms with Gasteiger partial charge in [-0.05, 0) is 66.1 Å². The molecule has 0 spiro atoms. The number of nitrogens with one attached hydrogen (secondary N) is 1. The van der Waals surface area contributed by atoms with E-state index in [0.717, 1.165) is 22.9 Å². The number of primary amides is 1. The molecular formula is C30H23F6N5O3. The number of aliphatic hydroxyl groups excluding tert-OH is 1. The summed E-state index contributed by atoms with van der Waals surface area (Å²) in [4.78, 5) is 29.5. The summed E-state index contributed by atoms with van der Waals surface area (Å²) in [5, 5.41) is 16.9. The first-order chi connectivity index (χ1) is 20.8. The van der Waals surface area contributed by atoms with E-state index < -0.39 is 71.3 Å². The van der Waals surface area contributed by atoms with Gasteiger partial charge < -0.3 is 16.2 Å². The lowest BCUT2D eigenvalue weighted by molar-refractivity contribution is -0.142. The summed E-state index contributed by atoms with van der Waals surface area (Å²) < 4.78 is 84.6. The number of hydrogen-bond acceptors (Lipinski definition) is 5. The van der Waals surface area contributed by atoms with Crippen LogP contribution in [-0.2, 0) is 23.9 Å². The topological polar surface area (TPSA) is 123 Å². The van der Waals surface area contributed by atoms with Gasteiger partial charge in [-0.1, -0.05) is 12.1 Å². The number of fused-ring (bicyclic) bond motifs is 3. The van der Waals surface area contributed by atoms with Gasteiger partial charge in [-0.3, -0.25) is 19.3 Å². The molecular weight excluding hydrogens is 592 g/mol. The molecule has 2 aliphatic carbocycles. The van der Waals surface area contributed by atoms with E-state index >= 15 is 0 Å². The van der Waals surface area contributed by atoms with Crippen LogP contribution < -0.4 is 11.1 Å². The molecule has 2 aromatic carbocycles. The fourth-order valence-electron chi connectivity index (χ4n) is 5.97. The van der Waals surface area contributed by atoms with Gasteiger partial charge in [0.2, 0.25) is 5.91 Å². The highest BCUT2D eigenvalue weighted by Gasteiger charge is 2.58. The van der Waals surface area contributed by atoms with Crippen LogP contribution in [0.25, 0.3) is 11.1 Å². The first kappa shape index (κ1) is 29.4. The summed E-state index contributed by atoms with van der Waals surface area (Å²) in [7, 11) is 0. The lowest BCUT2D eigenvalue weighted by Gasteiger charge is -2.22. The molecule has 2 aliphatic rings. The number of halogens is 6. The Morgan fingerprint density at radius 2 is 1.82 bits per heavy atom. The predicted octanol–water partition coefficient (Wildman–Crippen LogP) is 4.73. The minimum atomic E-state index is -4.80. The maximum Gasteiger partial charge on any atom is 0.435 e. The Hall–Kier alpha value is -4.72. The molecule has 1 fully saturated rings. The molecule has 0 bridgehead atoms. The van der Waals surface area contributed by atoms with Crippen LogP contribution in [0, 0.1) is 23.4 Å². The van der Waals surface area contributed by atoms with E-state index in [1.54, 1.807) is 6.07 Å².